The summed E-state index contributed by atoms with van der Waals surface area (Å²) in [6, 6.07) is -1.63. The van der Waals surface area contributed by atoms with E-state index in [0.29, 0.717) is 13.1 Å². The fourth-order valence-corrected chi connectivity index (χ4v) is 1.30. The number of carboxylic acid groups (broad SMARTS) is 1. The third-order valence-corrected chi connectivity index (χ3v) is 2.29. The monoisotopic (exact) mass is 257 g/mol. The maximum Gasteiger partial charge on any atom is 0.326 e. The van der Waals surface area contributed by atoms with Crippen LogP contribution in [0.4, 0.5) is 4.79 Å². The zero-order chi connectivity index (χ0) is 14.1. The molecule has 4 N–H and O–H groups in total. The van der Waals surface area contributed by atoms with Crippen molar-refractivity contribution < 1.29 is 19.5 Å². The van der Waals surface area contributed by atoms with Crippen LogP contribution < -0.4 is 11.1 Å². The quantitative estimate of drug-likeness (QED) is 0.528. The zero-order valence-corrected chi connectivity index (χ0v) is 10.4. The second kappa shape index (κ2) is 8.10. The summed E-state index contributed by atoms with van der Waals surface area (Å²) >= 11 is 0. The van der Waals surface area contributed by atoms with E-state index in [9.17, 15) is 14.4 Å². The third kappa shape index (κ3) is 5.88. The average molecular weight is 257 g/mol. The smallest absolute Gasteiger partial charge is 0.326 e. The second-order valence-electron chi connectivity index (χ2n) is 3.67. The van der Waals surface area contributed by atoms with Crippen LogP contribution in [0.25, 0.3) is 0 Å². The Labute approximate surface area is 106 Å². The molecule has 0 aromatic carbocycles. The SMILES string of the molecule is C=CCN(CC)C(=O)N[C@H](CCC(N)=O)C(=O)O. The minimum Gasteiger partial charge on any atom is -0.480 e. The molecule has 7 heteroatoms. The van der Waals surface area contributed by atoms with Crippen molar-refractivity contribution in [1.82, 2.24) is 10.2 Å². The van der Waals surface area contributed by atoms with Crippen molar-refractivity contribution in [2.75, 3.05) is 13.1 Å². The molecule has 0 fully saturated rings. The molecular formula is C11H19N3O4. The number of nitrogens with one attached hydrogen (secondary N) is 1. The number of rotatable bonds is 8. The average Bonchev–Trinajstić information content (AvgIpc) is 2.30. The van der Waals surface area contributed by atoms with Crippen molar-refractivity contribution in [2.24, 2.45) is 5.73 Å². The van der Waals surface area contributed by atoms with Gasteiger partial charge in [-0.05, 0) is 13.3 Å². The number of carbonyl (C=O) groups excluding carboxylic acids is 2. The maximum absolute atomic E-state index is 11.7. The molecule has 0 aromatic rings. The van der Waals surface area contributed by atoms with E-state index in [1.807, 2.05) is 0 Å². The predicted octanol–water partition coefficient (Wildman–Crippen LogP) is -0.0774. The van der Waals surface area contributed by atoms with Gasteiger partial charge in [-0.25, -0.2) is 9.59 Å². The molecule has 0 heterocycles. The van der Waals surface area contributed by atoms with Crippen LogP contribution in [0.5, 0.6) is 0 Å². The fraction of sp³-hybridized carbons (Fsp3) is 0.545. The summed E-state index contributed by atoms with van der Waals surface area (Å²) in [5, 5.41) is 11.3. The minimum atomic E-state index is -1.20. The van der Waals surface area contributed by atoms with E-state index in [4.69, 9.17) is 10.8 Å². The predicted molar refractivity (Wildman–Crippen MR) is 65.8 cm³/mol. The van der Waals surface area contributed by atoms with E-state index in [1.165, 1.54) is 4.90 Å². The second-order valence-corrected chi connectivity index (χ2v) is 3.67. The molecule has 102 valence electrons. The van der Waals surface area contributed by atoms with E-state index in [2.05, 4.69) is 11.9 Å². The summed E-state index contributed by atoms with van der Waals surface area (Å²) in [4.78, 5) is 34.6. The number of primary amides is 1. The Morgan fingerprint density at radius 2 is 2.11 bits per heavy atom. The van der Waals surface area contributed by atoms with E-state index in [-0.39, 0.29) is 12.8 Å². The summed E-state index contributed by atoms with van der Waals surface area (Å²) in [6.45, 7) is 6.03. The molecule has 0 radical (unpaired) electrons. The first-order valence-corrected chi connectivity index (χ1v) is 5.59. The number of hydrogen-bond donors (Lipinski definition) is 3. The van der Waals surface area contributed by atoms with Crippen LogP contribution in [0.1, 0.15) is 19.8 Å². The van der Waals surface area contributed by atoms with Gasteiger partial charge >= 0.3 is 12.0 Å². The molecule has 0 saturated carbocycles. The van der Waals surface area contributed by atoms with Gasteiger partial charge in [-0.1, -0.05) is 6.08 Å². The number of carboxylic acids is 1. The van der Waals surface area contributed by atoms with Crippen molar-refractivity contribution in [2.45, 2.75) is 25.8 Å². The molecule has 0 aliphatic rings. The van der Waals surface area contributed by atoms with Crippen LogP contribution in [0.15, 0.2) is 12.7 Å². The fourth-order valence-electron chi connectivity index (χ4n) is 1.30. The largest absolute Gasteiger partial charge is 0.480 e. The number of nitrogens with zero attached hydrogens (tertiary/aromatic N) is 1. The highest BCUT2D eigenvalue weighted by Crippen LogP contribution is 1.99. The molecule has 3 amide bonds. The van der Waals surface area contributed by atoms with Gasteiger partial charge in [0.25, 0.3) is 0 Å². The van der Waals surface area contributed by atoms with E-state index in [1.54, 1.807) is 13.0 Å². The van der Waals surface area contributed by atoms with Crippen LogP contribution in [0.3, 0.4) is 0 Å². The Morgan fingerprint density at radius 1 is 1.50 bits per heavy atom. The molecule has 0 unspecified atom stereocenters. The molecule has 0 saturated heterocycles. The first-order valence-electron chi connectivity index (χ1n) is 5.59. The molecule has 7 nitrogen and oxygen atoms in total. The molecule has 0 bridgehead atoms. The lowest BCUT2D eigenvalue weighted by atomic mass is 10.1. The van der Waals surface area contributed by atoms with Crippen molar-refractivity contribution in [1.29, 1.82) is 0 Å². The maximum atomic E-state index is 11.7. The van der Waals surface area contributed by atoms with Gasteiger partial charge in [-0.3, -0.25) is 4.79 Å². The Bertz CT molecular complexity index is 330. The first-order chi connectivity index (χ1) is 8.42. The van der Waals surface area contributed by atoms with Gasteiger partial charge in [0.1, 0.15) is 6.04 Å². The summed E-state index contributed by atoms with van der Waals surface area (Å²) in [6.07, 6.45) is 1.43. The Morgan fingerprint density at radius 3 is 2.50 bits per heavy atom. The van der Waals surface area contributed by atoms with Crippen molar-refractivity contribution >= 4 is 17.9 Å². The number of carbonyl (C=O) groups is 3. The molecule has 0 aliphatic carbocycles. The Balaban J connectivity index is 4.47. The van der Waals surface area contributed by atoms with Crippen molar-refractivity contribution in [3.8, 4) is 0 Å². The molecule has 18 heavy (non-hydrogen) atoms. The lowest BCUT2D eigenvalue weighted by Crippen LogP contribution is -2.48. The third-order valence-electron chi connectivity index (χ3n) is 2.29. The zero-order valence-electron chi connectivity index (χ0n) is 10.4. The lowest BCUT2D eigenvalue weighted by molar-refractivity contribution is -0.139. The van der Waals surface area contributed by atoms with Gasteiger partial charge in [-0.15, -0.1) is 6.58 Å². The van der Waals surface area contributed by atoms with Crippen LogP contribution in [0.2, 0.25) is 0 Å². The van der Waals surface area contributed by atoms with Crippen LogP contribution in [-0.4, -0.2) is 47.0 Å². The number of urea groups is 1. The highest BCUT2D eigenvalue weighted by molar-refractivity contribution is 5.83. The number of aliphatic carboxylic acids is 1. The van der Waals surface area contributed by atoms with Gasteiger partial charge in [0.2, 0.25) is 5.91 Å². The standard InChI is InChI=1S/C11H19N3O4/c1-3-7-14(4-2)11(18)13-8(10(16)17)5-6-9(12)15/h3,8H,1,4-7H2,2H3,(H2,12,15)(H,13,18)(H,16,17)/t8-/m1/s1. The van der Waals surface area contributed by atoms with Crippen molar-refractivity contribution in [3.05, 3.63) is 12.7 Å². The van der Waals surface area contributed by atoms with E-state index < -0.39 is 23.9 Å². The molecule has 0 spiro atoms. The highest BCUT2D eigenvalue weighted by Gasteiger charge is 2.22. The summed E-state index contributed by atoms with van der Waals surface area (Å²) < 4.78 is 0. The lowest BCUT2D eigenvalue weighted by Gasteiger charge is -2.22. The highest BCUT2D eigenvalue weighted by atomic mass is 16.4. The summed E-state index contributed by atoms with van der Waals surface area (Å²) in [7, 11) is 0. The van der Waals surface area contributed by atoms with Crippen LogP contribution in [-0.2, 0) is 9.59 Å². The minimum absolute atomic E-state index is 0.0257. The number of amides is 3. The molecule has 1 atom stereocenters. The van der Waals surface area contributed by atoms with E-state index in [0.717, 1.165) is 0 Å². The van der Waals surface area contributed by atoms with E-state index >= 15 is 0 Å². The summed E-state index contributed by atoms with van der Waals surface area (Å²) in [5.74, 6) is -1.80. The summed E-state index contributed by atoms with van der Waals surface area (Å²) in [5.41, 5.74) is 4.94. The van der Waals surface area contributed by atoms with Gasteiger partial charge in [0, 0.05) is 19.5 Å². The first kappa shape index (κ1) is 16.0. The topological polar surface area (TPSA) is 113 Å². The van der Waals surface area contributed by atoms with Crippen LogP contribution >= 0.6 is 0 Å². The molecule has 0 rings (SSSR count). The van der Waals surface area contributed by atoms with Gasteiger partial charge < -0.3 is 21.1 Å². The Kier molecular flexibility index (Phi) is 7.18. The normalized spacial score (nSPS) is 11.4. The van der Waals surface area contributed by atoms with Crippen molar-refractivity contribution in [3.63, 3.8) is 0 Å². The number of hydrogen-bond acceptors (Lipinski definition) is 3. The van der Waals surface area contributed by atoms with Gasteiger partial charge in [-0.2, -0.15) is 0 Å². The van der Waals surface area contributed by atoms with Gasteiger partial charge in [0.15, 0.2) is 0 Å². The Hall–Kier alpha value is -2.05. The molecular weight excluding hydrogens is 238 g/mol. The molecule has 0 aliphatic heterocycles. The number of nitrogens with two attached hydrogens (primary N) is 1. The number of likely N-dealkylation sites (N-methyl/N-ethyl adjacent to an activating group) is 1. The van der Waals surface area contributed by atoms with Gasteiger partial charge in [0.05, 0.1) is 0 Å². The van der Waals surface area contributed by atoms with Crippen LogP contribution in [0, 0.1) is 0 Å². The molecule has 0 aromatic heterocycles.